The molecule has 1 aromatic heterocycles. The van der Waals surface area contributed by atoms with Crippen LogP contribution in [0, 0.1) is 0 Å². The minimum atomic E-state index is 0.727. The third-order valence-corrected chi connectivity index (χ3v) is 12.2. The van der Waals surface area contributed by atoms with Crippen molar-refractivity contribution in [1.29, 1.82) is 0 Å². The van der Waals surface area contributed by atoms with Gasteiger partial charge in [0, 0.05) is 48.8 Å². The molecule has 0 atom stereocenters. The van der Waals surface area contributed by atoms with Crippen molar-refractivity contribution in [3.05, 3.63) is 212 Å². The Morgan fingerprint density at radius 2 is 0.931 bits per heavy atom. The summed E-state index contributed by atoms with van der Waals surface area (Å²) in [5.74, 6) is 0.727. The van der Waals surface area contributed by atoms with Gasteiger partial charge in [0.2, 0.25) is 0 Å². The first kappa shape index (κ1) is 34.0. The zero-order chi connectivity index (χ0) is 38.4. The number of anilines is 3. The van der Waals surface area contributed by atoms with E-state index in [1.54, 1.807) is 0 Å². The molecule has 11 rings (SSSR count). The number of rotatable bonds is 7. The third kappa shape index (κ3) is 6.03. The molecule has 0 aliphatic carbocycles. The molecule has 1 aliphatic rings. The summed E-state index contributed by atoms with van der Waals surface area (Å²) in [6, 6.07) is 75.6. The highest BCUT2D eigenvalue weighted by atomic mass is 32.2. The van der Waals surface area contributed by atoms with E-state index in [1.807, 2.05) is 11.8 Å². The Bertz CT molecular complexity index is 3130. The van der Waals surface area contributed by atoms with Crippen LogP contribution in [0.5, 0.6) is 0 Å². The van der Waals surface area contributed by atoms with Gasteiger partial charge in [0.1, 0.15) is 0 Å². The highest BCUT2D eigenvalue weighted by Gasteiger charge is 2.24. The van der Waals surface area contributed by atoms with Gasteiger partial charge in [-0.25, -0.2) is 9.97 Å². The molecule has 3 nitrogen and oxygen atoms in total. The Labute approximate surface area is 342 Å². The molecule has 9 aromatic carbocycles. The van der Waals surface area contributed by atoms with Crippen LogP contribution < -0.4 is 4.90 Å². The van der Waals surface area contributed by atoms with Gasteiger partial charge in [-0.2, -0.15) is 0 Å². The van der Waals surface area contributed by atoms with Gasteiger partial charge in [0.25, 0.3) is 0 Å². The van der Waals surface area contributed by atoms with E-state index in [1.165, 1.54) is 43.0 Å². The zero-order valence-electron chi connectivity index (χ0n) is 31.5. The molecule has 0 amide bonds. The van der Waals surface area contributed by atoms with Gasteiger partial charge in [-0.3, -0.25) is 0 Å². The molecule has 0 radical (unpaired) electrons. The largest absolute Gasteiger partial charge is 0.310 e. The van der Waals surface area contributed by atoms with Gasteiger partial charge in [-0.05, 0) is 99.4 Å². The highest BCUT2D eigenvalue weighted by molar-refractivity contribution is 7.99. The molecule has 1 aliphatic heterocycles. The van der Waals surface area contributed by atoms with Gasteiger partial charge in [0.15, 0.2) is 5.82 Å². The van der Waals surface area contributed by atoms with E-state index in [4.69, 9.17) is 9.97 Å². The van der Waals surface area contributed by atoms with E-state index in [0.717, 1.165) is 61.6 Å². The van der Waals surface area contributed by atoms with E-state index < -0.39 is 0 Å². The maximum absolute atomic E-state index is 5.36. The van der Waals surface area contributed by atoms with Crippen LogP contribution in [0.2, 0.25) is 0 Å². The van der Waals surface area contributed by atoms with Crippen molar-refractivity contribution in [2.75, 3.05) is 4.90 Å². The van der Waals surface area contributed by atoms with Crippen molar-refractivity contribution < 1.29 is 0 Å². The summed E-state index contributed by atoms with van der Waals surface area (Å²) in [5, 5.41) is 3.43. The van der Waals surface area contributed by atoms with Crippen LogP contribution in [0.3, 0.4) is 0 Å². The summed E-state index contributed by atoms with van der Waals surface area (Å²) in [6.45, 7) is 0. The predicted octanol–water partition coefficient (Wildman–Crippen LogP) is 15.1. The first-order chi connectivity index (χ1) is 28.7. The fraction of sp³-hybridized carbons (Fsp3) is 0. The van der Waals surface area contributed by atoms with Crippen LogP contribution in [0.15, 0.2) is 222 Å². The van der Waals surface area contributed by atoms with Crippen molar-refractivity contribution >= 4 is 50.5 Å². The number of para-hydroxylation sites is 2. The molecule has 0 saturated carbocycles. The molecule has 0 spiro atoms. The zero-order valence-corrected chi connectivity index (χ0v) is 32.3. The molecule has 0 unspecified atom stereocenters. The molecule has 4 heteroatoms. The van der Waals surface area contributed by atoms with E-state index in [9.17, 15) is 0 Å². The van der Waals surface area contributed by atoms with Crippen LogP contribution in [0.4, 0.5) is 17.1 Å². The van der Waals surface area contributed by atoms with Crippen molar-refractivity contribution in [3.8, 4) is 56.0 Å². The minimum absolute atomic E-state index is 0.727. The Kier molecular flexibility index (Phi) is 8.41. The summed E-state index contributed by atoms with van der Waals surface area (Å²) >= 11 is 1.84. The maximum Gasteiger partial charge on any atom is 0.161 e. The fourth-order valence-corrected chi connectivity index (χ4v) is 9.47. The molecule has 0 bridgehead atoms. The summed E-state index contributed by atoms with van der Waals surface area (Å²) < 4.78 is 0. The topological polar surface area (TPSA) is 29.0 Å². The van der Waals surface area contributed by atoms with Gasteiger partial charge >= 0.3 is 0 Å². The molecular weight excluding hydrogens is 723 g/mol. The number of benzene rings is 9. The van der Waals surface area contributed by atoms with E-state index >= 15 is 0 Å². The van der Waals surface area contributed by atoms with Crippen molar-refractivity contribution in [1.82, 2.24) is 9.97 Å². The minimum Gasteiger partial charge on any atom is -0.310 e. The van der Waals surface area contributed by atoms with Crippen LogP contribution in [0.1, 0.15) is 0 Å². The van der Waals surface area contributed by atoms with Gasteiger partial charge in [-0.15, -0.1) is 0 Å². The lowest BCUT2D eigenvalue weighted by atomic mass is 9.94. The third-order valence-electron chi connectivity index (χ3n) is 11.1. The van der Waals surface area contributed by atoms with Crippen LogP contribution in [0.25, 0.3) is 77.7 Å². The van der Waals surface area contributed by atoms with Gasteiger partial charge in [-0.1, -0.05) is 163 Å². The second-order valence-electron chi connectivity index (χ2n) is 14.6. The van der Waals surface area contributed by atoms with Crippen molar-refractivity contribution in [2.45, 2.75) is 9.79 Å². The Morgan fingerprint density at radius 3 is 1.72 bits per heavy atom. The Morgan fingerprint density at radius 1 is 0.345 bits per heavy atom. The smallest absolute Gasteiger partial charge is 0.161 e. The average molecular weight is 758 g/mol. The standard InChI is InChI=1S/C54H35N3S/c1-4-14-36(15-5-1)38-26-28-42(29-27-38)57(41-20-8-3-9-21-41)43-30-31-44-45-23-13-24-46-47(32-33-50(52(45)46)58-51(44)35-43)54-55-49-25-11-10-22-48(49)53(56-54)40-19-12-18-39(34-40)37-16-6-2-7-17-37/h1-35H. The SMILES string of the molecule is c1ccc(-c2ccc(N(c3ccccc3)c3ccc4c(c3)Sc3ccc(-c5nc(-c6cccc(-c7ccccc7)c6)c6ccccc6n5)c5cccc-4c35)cc2)cc1. The van der Waals surface area contributed by atoms with Crippen LogP contribution >= 0.6 is 11.8 Å². The van der Waals surface area contributed by atoms with E-state index in [-0.39, 0.29) is 0 Å². The summed E-state index contributed by atoms with van der Waals surface area (Å²) in [6.07, 6.45) is 0. The number of nitrogens with zero attached hydrogens (tertiary/aromatic N) is 3. The summed E-state index contributed by atoms with van der Waals surface area (Å²) in [4.78, 5) is 15.4. The first-order valence-electron chi connectivity index (χ1n) is 19.6. The fourth-order valence-electron chi connectivity index (χ4n) is 8.31. The lowest BCUT2D eigenvalue weighted by molar-refractivity contribution is 1.23. The number of aromatic nitrogens is 2. The number of fused-ring (bicyclic) bond motifs is 3. The van der Waals surface area contributed by atoms with Crippen molar-refractivity contribution in [3.63, 3.8) is 0 Å². The monoisotopic (exact) mass is 757 g/mol. The van der Waals surface area contributed by atoms with Gasteiger partial charge < -0.3 is 4.90 Å². The summed E-state index contributed by atoms with van der Waals surface area (Å²) in [7, 11) is 0. The number of hydrogen-bond acceptors (Lipinski definition) is 4. The second-order valence-corrected chi connectivity index (χ2v) is 15.6. The van der Waals surface area contributed by atoms with Crippen LogP contribution in [-0.4, -0.2) is 9.97 Å². The second kappa shape index (κ2) is 14.3. The predicted molar refractivity (Wildman–Crippen MR) is 243 cm³/mol. The van der Waals surface area contributed by atoms with Crippen LogP contribution in [-0.2, 0) is 0 Å². The van der Waals surface area contributed by atoms with E-state index in [0.29, 0.717) is 0 Å². The lowest BCUT2D eigenvalue weighted by Crippen LogP contribution is -2.10. The van der Waals surface area contributed by atoms with Gasteiger partial charge in [0.05, 0.1) is 11.2 Å². The molecule has 10 aromatic rings. The maximum atomic E-state index is 5.36. The lowest BCUT2D eigenvalue weighted by Gasteiger charge is -2.28. The van der Waals surface area contributed by atoms with E-state index in [2.05, 4.69) is 217 Å². The molecule has 0 fully saturated rings. The summed E-state index contributed by atoms with van der Waals surface area (Å²) in [5.41, 5.74) is 14.5. The number of hydrogen-bond donors (Lipinski definition) is 0. The quantitative estimate of drug-likeness (QED) is 0.162. The first-order valence-corrected chi connectivity index (χ1v) is 20.4. The normalized spacial score (nSPS) is 11.7. The molecule has 58 heavy (non-hydrogen) atoms. The molecule has 2 heterocycles. The Balaban J connectivity index is 1.01. The average Bonchev–Trinajstić information content (AvgIpc) is 3.30. The Hall–Kier alpha value is -7.27. The molecule has 0 N–H and O–H groups in total. The molecule has 272 valence electrons. The highest BCUT2D eigenvalue weighted by Crippen LogP contribution is 2.51. The molecule has 0 saturated heterocycles. The van der Waals surface area contributed by atoms with Crippen molar-refractivity contribution in [2.24, 2.45) is 0 Å². The molecular formula is C54H35N3S.